The smallest absolute Gasteiger partial charge is 0.340 e. The van der Waals surface area contributed by atoms with Gasteiger partial charge in [-0.25, -0.2) is 4.79 Å². The highest BCUT2D eigenvalue weighted by atomic mass is 35.5. The van der Waals surface area contributed by atoms with Gasteiger partial charge in [-0.15, -0.1) is 10.2 Å². The van der Waals surface area contributed by atoms with E-state index in [2.05, 4.69) is 15.2 Å². The summed E-state index contributed by atoms with van der Waals surface area (Å²) in [7, 11) is 1.85. The molecule has 1 aliphatic carbocycles. The van der Waals surface area contributed by atoms with Crippen LogP contribution >= 0.6 is 11.6 Å². The van der Waals surface area contributed by atoms with Crippen LogP contribution in [0.3, 0.4) is 0 Å². The number of hydrogen-bond donors (Lipinski definition) is 1. The maximum absolute atomic E-state index is 11.9. The third-order valence-corrected chi connectivity index (χ3v) is 3.65. The van der Waals surface area contributed by atoms with E-state index >= 15 is 0 Å². The first-order valence-electron chi connectivity index (χ1n) is 6.50. The largest absolute Gasteiger partial charge is 0.454 e. The molecule has 21 heavy (non-hydrogen) atoms. The summed E-state index contributed by atoms with van der Waals surface area (Å²) in [5, 5.41) is 8.08. The normalized spacial score (nSPS) is 14.2. The number of hydrogen-bond acceptors (Lipinski definition) is 5. The number of halogens is 1. The Balaban J connectivity index is 1.68. The standard InChI is InChI=1S/C13H13ClN4O3/c1-18-10(16-17-11(18)7-2-3-7)6-21-13(20)8-4-9(14)12(19)15-5-8/h4-5,7H,2-3,6H2,1H3,(H,15,19). The number of carbonyl (C=O) groups excluding carboxylic acids is 1. The average molecular weight is 309 g/mol. The first-order valence-corrected chi connectivity index (χ1v) is 6.87. The van der Waals surface area contributed by atoms with Crippen molar-refractivity contribution in [1.82, 2.24) is 19.7 Å². The Morgan fingerprint density at radius 2 is 2.29 bits per heavy atom. The maximum atomic E-state index is 11.9. The lowest BCUT2D eigenvalue weighted by molar-refractivity contribution is 0.0458. The number of carbonyl (C=O) groups is 1. The number of nitrogens with one attached hydrogen (secondary N) is 1. The van der Waals surface area contributed by atoms with Crippen molar-refractivity contribution in [3.63, 3.8) is 0 Å². The van der Waals surface area contributed by atoms with Gasteiger partial charge < -0.3 is 14.3 Å². The van der Waals surface area contributed by atoms with Crippen molar-refractivity contribution in [3.8, 4) is 0 Å². The zero-order valence-electron chi connectivity index (χ0n) is 11.3. The van der Waals surface area contributed by atoms with Gasteiger partial charge in [-0.1, -0.05) is 11.6 Å². The van der Waals surface area contributed by atoms with Gasteiger partial charge in [0.25, 0.3) is 5.56 Å². The van der Waals surface area contributed by atoms with Crippen molar-refractivity contribution in [3.05, 3.63) is 44.9 Å². The number of ether oxygens (including phenoxy) is 1. The van der Waals surface area contributed by atoms with Crippen LogP contribution in [0.25, 0.3) is 0 Å². The molecule has 1 saturated carbocycles. The quantitative estimate of drug-likeness (QED) is 0.862. The molecule has 2 heterocycles. The summed E-state index contributed by atoms with van der Waals surface area (Å²) in [6, 6.07) is 1.27. The average Bonchev–Trinajstić information content (AvgIpc) is 3.24. The van der Waals surface area contributed by atoms with Gasteiger partial charge in [0.05, 0.1) is 5.56 Å². The third-order valence-electron chi connectivity index (χ3n) is 3.37. The van der Waals surface area contributed by atoms with Crippen LogP contribution in [0.2, 0.25) is 5.02 Å². The van der Waals surface area contributed by atoms with Crippen molar-refractivity contribution in [2.24, 2.45) is 7.05 Å². The minimum atomic E-state index is -0.580. The van der Waals surface area contributed by atoms with Crippen molar-refractivity contribution >= 4 is 17.6 Å². The summed E-state index contributed by atoms with van der Waals surface area (Å²) < 4.78 is 7.01. The van der Waals surface area contributed by atoms with Crippen LogP contribution in [-0.4, -0.2) is 25.7 Å². The molecule has 2 aromatic rings. The number of nitrogens with zero attached hydrogens (tertiary/aromatic N) is 3. The summed E-state index contributed by atoms with van der Waals surface area (Å²) in [5.41, 5.74) is -0.264. The molecule has 0 saturated heterocycles. The number of rotatable bonds is 4. The predicted molar refractivity (Wildman–Crippen MR) is 74.2 cm³/mol. The monoisotopic (exact) mass is 308 g/mol. The molecule has 0 atom stereocenters. The SMILES string of the molecule is Cn1c(COC(=O)c2c[nH]c(=O)c(Cl)c2)nnc1C1CC1. The summed E-state index contributed by atoms with van der Waals surface area (Å²) in [6.07, 6.45) is 3.52. The van der Waals surface area contributed by atoms with Crippen LogP contribution in [-0.2, 0) is 18.4 Å². The van der Waals surface area contributed by atoms with E-state index in [4.69, 9.17) is 16.3 Å². The zero-order valence-corrected chi connectivity index (χ0v) is 12.1. The minimum absolute atomic E-state index is 0.0196. The fourth-order valence-corrected chi connectivity index (χ4v) is 2.16. The van der Waals surface area contributed by atoms with Crippen LogP contribution in [0, 0.1) is 0 Å². The molecule has 0 amide bonds. The molecular weight excluding hydrogens is 296 g/mol. The first kappa shape index (κ1) is 13.8. The van der Waals surface area contributed by atoms with Gasteiger partial charge >= 0.3 is 5.97 Å². The number of esters is 1. The van der Waals surface area contributed by atoms with Crippen LogP contribution < -0.4 is 5.56 Å². The number of H-pyrrole nitrogens is 1. The van der Waals surface area contributed by atoms with Gasteiger partial charge in [-0.05, 0) is 18.9 Å². The van der Waals surface area contributed by atoms with Gasteiger partial charge in [0, 0.05) is 19.2 Å². The molecule has 0 aromatic carbocycles. The van der Waals surface area contributed by atoms with E-state index in [9.17, 15) is 9.59 Å². The number of aromatic nitrogens is 4. The lowest BCUT2D eigenvalue weighted by Crippen LogP contribution is -2.12. The van der Waals surface area contributed by atoms with E-state index in [1.54, 1.807) is 0 Å². The van der Waals surface area contributed by atoms with Crippen molar-refractivity contribution in [1.29, 1.82) is 0 Å². The highest BCUT2D eigenvalue weighted by Crippen LogP contribution is 2.38. The second-order valence-electron chi connectivity index (χ2n) is 4.95. The topological polar surface area (TPSA) is 89.9 Å². The van der Waals surface area contributed by atoms with Crippen LogP contribution in [0.1, 0.15) is 40.8 Å². The molecule has 7 nitrogen and oxygen atoms in total. The van der Waals surface area contributed by atoms with Crippen molar-refractivity contribution in [2.75, 3.05) is 0 Å². The molecule has 3 rings (SSSR count). The van der Waals surface area contributed by atoms with Gasteiger partial charge in [0.1, 0.15) is 10.8 Å². The van der Waals surface area contributed by atoms with Crippen LogP contribution in [0.4, 0.5) is 0 Å². The Kier molecular flexibility index (Phi) is 3.50. The summed E-state index contributed by atoms with van der Waals surface area (Å²) in [5.74, 6) is 1.41. The van der Waals surface area contributed by atoms with E-state index in [1.165, 1.54) is 12.3 Å². The van der Waals surface area contributed by atoms with E-state index in [0.717, 1.165) is 18.7 Å². The molecule has 8 heteroatoms. The third kappa shape index (κ3) is 2.82. The molecular formula is C13H13ClN4O3. The van der Waals surface area contributed by atoms with E-state index < -0.39 is 11.5 Å². The molecule has 1 fully saturated rings. The molecule has 2 aromatic heterocycles. The molecule has 0 spiro atoms. The van der Waals surface area contributed by atoms with Crippen molar-refractivity contribution < 1.29 is 9.53 Å². The maximum Gasteiger partial charge on any atom is 0.340 e. The fraction of sp³-hybridized carbons (Fsp3) is 0.385. The van der Waals surface area contributed by atoms with Crippen LogP contribution in [0.5, 0.6) is 0 Å². The molecule has 0 bridgehead atoms. The Hall–Kier alpha value is -2.15. The molecule has 1 aliphatic rings. The van der Waals surface area contributed by atoms with Crippen molar-refractivity contribution in [2.45, 2.75) is 25.4 Å². The molecule has 1 N–H and O–H groups in total. The van der Waals surface area contributed by atoms with E-state index in [1.807, 2.05) is 11.6 Å². The summed E-state index contributed by atoms with van der Waals surface area (Å²) in [4.78, 5) is 25.4. The first-order chi connectivity index (χ1) is 10.1. The van der Waals surface area contributed by atoms with Gasteiger partial charge in [0.2, 0.25) is 0 Å². The number of aromatic amines is 1. The highest BCUT2D eigenvalue weighted by Gasteiger charge is 2.29. The van der Waals surface area contributed by atoms with Gasteiger partial charge in [-0.3, -0.25) is 4.79 Å². The van der Waals surface area contributed by atoms with Crippen LogP contribution in [0.15, 0.2) is 17.1 Å². The van der Waals surface area contributed by atoms with Gasteiger partial charge in [0.15, 0.2) is 12.4 Å². The second-order valence-corrected chi connectivity index (χ2v) is 5.36. The Morgan fingerprint density at radius 1 is 1.52 bits per heavy atom. The van der Waals surface area contributed by atoms with E-state index in [0.29, 0.717) is 11.7 Å². The van der Waals surface area contributed by atoms with Gasteiger partial charge in [-0.2, -0.15) is 0 Å². The lowest BCUT2D eigenvalue weighted by Gasteiger charge is -2.05. The minimum Gasteiger partial charge on any atom is -0.454 e. The number of pyridine rings is 1. The Morgan fingerprint density at radius 3 is 2.95 bits per heavy atom. The Labute approximate surface area is 124 Å². The fourth-order valence-electron chi connectivity index (χ4n) is 1.99. The predicted octanol–water partition coefficient (Wildman–Crippen LogP) is 1.39. The highest BCUT2D eigenvalue weighted by molar-refractivity contribution is 6.30. The molecule has 0 aliphatic heterocycles. The zero-order chi connectivity index (χ0) is 15.0. The Bertz CT molecular complexity index is 748. The molecule has 0 radical (unpaired) electrons. The molecule has 0 unspecified atom stereocenters. The van der Waals surface area contributed by atoms with E-state index in [-0.39, 0.29) is 17.2 Å². The molecule has 110 valence electrons. The second kappa shape index (κ2) is 5.33. The lowest BCUT2D eigenvalue weighted by atomic mass is 10.3. The summed E-state index contributed by atoms with van der Waals surface area (Å²) >= 11 is 5.67. The summed E-state index contributed by atoms with van der Waals surface area (Å²) in [6.45, 7) is 0.0196.